The highest BCUT2D eigenvalue weighted by atomic mass is 15.3. The summed E-state index contributed by atoms with van der Waals surface area (Å²) >= 11 is 0. The van der Waals surface area contributed by atoms with Crippen molar-refractivity contribution >= 4 is 32.7 Å². The smallest absolute Gasteiger partial charge is 0.0918 e. The van der Waals surface area contributed by atoms with Gasteiger partial charge in [-0.25, -0.2) is 0 Å². The molecular formula is C25H23N7. The summed E-state index contributed by atoms with van der Waals surface area (Å²) in [5, 5.41) is 17.9. The van der Waals surface area contributed by atoms with Gasteiger partial charge in [0.05, 0.1) is 46.7 Å². The minimum atomic E-state index is 0.412. The van der Waals surface area contributed by atoms with Gasteiger partial charge in [-0.15, -0.1) is 0 Å². The van der Waals surface area contributed by atoms with Gasteiger partial charge in [-0.3, -0.25) is 14.0 Å². The predicted molar refractivity (Wildman–Crippen MR) is 126 cm³/mol. The molecular weight excluding hydrogens is 398 g/mol. The van der Waals surface area contributed by atoms with Crippen molar-refractivity contribution < 1.29 is 0 Å². The largest absolute Gasteiger partial charge is 0.325 e. The molecule has 3 heterocycles. The van der Waals surface area contributed by atoms with Crippen LogP contribution in [0.5, 0.6) is 0 Å². The molecule has 0 saturated heterocycles. The summed E-state index contributed by atoms with van der Waals surface area (Å²) in [5.74, 6) is 0. The zero-order valence-corrected chi connectivity index (χ0v) is 17.8. The molecule has 2 N–H and O–H groups in total. The first-order valence-electron chi connectivity index (χ1n) is 10.7. The molecule has 0 saturated carbocycles. The van der Waals surface area contributed by atoms with Crippen LogP contribution >= 0.6 is 0 Å². The fraction of sp³-hybridized carbons (Fsp3) is 0.160. The van der Waals surface area contributed by atoms with Crippen LogP contribution in [0.25, 0.3) is 32.7 Å². The van der Waals surface area contributed by atoms with E-state index in [1.807, 2.05) is 34.6 Å². The van der Waals surface area contributed by atoms with Gasteiger partial charge in [0, 0.05) is 29.8 Å². The molecule has 0 radical (unpaired) electrons. The quantitative estimate of drug-likeness (QED) is 0.459. The Morgan fingerprint density at radius 2 is 1.03 bits per heavy atom. The van der Waals surface area contributed by atoms with Gasteiger partial charge in [-0.05, 0) is 18.2 Å². The van der Waals surface area contributed by atoms with E-state index < -0.39 is 0 Å². The normalized spacial score (nSPS) is 11.8. The number of fused-ring (bicyclic) bond motifs is 3. The molecule has 6 rings (SSSR count). The Morgan fingerprint density at radius 3 is 1.62 bits per heavy atom. The molecule has 7 nitrogen and oxygen atoms in total. The number of hydrogen-bond donors (Lipinski definition) is 1. The number of aromatic nitrogens is 6. The zero-order valence-electron chi connectivity index (χ0n) is 17.8. The molecule has 0 amide bonds. The van der Waals surface area contributed by atoms with Crippen molar-refractivity contribution in [1.29, 1.82) is 0 Å². The number of nitrogens with two attached hydrogens (primary N) is 1. The van der Waals surface area contributed by atoms with Gasteiger partial charge in [0.2, 0.25) is 0 Å². The second-order valence-corrected chi connectivity index (χ2v) is 8.03. The van der Waals surface area contributed by atoms with Crippen molar-refractivity contribution in [3.8, 4) is 0 Å². The average molecular weight is 422 g/mol. The van der Waals surface area contributed by atoms with Crippen LogP contribution < -0.4 is 5.73 Å². The molecule has 0 aliphatic carbocycles. The molecule has 6 aromatic rings. The van der Waals surface area contributed by atoms with Crippen molar-refractivity contribution in [3.63, 3.8) is 0 Å². The van der Waals surface area contributed by atoms with Gasteiger partial charge in [0.25, 0.3) is 0 Å². The van der Waals surface area contributed by atoms with E-state index in [-0.39, 0.29) is 0 Å². The summed E-state index contributed by atoms with van der Waals surface area (Å²) < 4.78 is 5.99. The Morgan fingerprint density at radius 1 is 0.594 bits per heavy atom. The van der Waals surface area contributed by atoms with E-state index >= 15 is 0 Å². The molecule has 0 aliphatic rings. The van der Waals surface area contributed by atoms with E-state index in [4.69, 9.17) is 21.0 Å². The van der Waals surface area contributed by atoms with Crippen LogP contribution in [0.1, 0.15) is 17.1 Å². The Bertz CT molecular complexity index is 1580. The van der Waals surface area contributed by atoms with Crippen molar-refractivity contribution in [2.24, 2.45) is 12.8 Å². The summed E-state index contributed by atoms with van der Waals surface area (Å²) in [6, 6.07) is 24.9. The minimum Gasteiger partial charge on any atom is -0.325 e. The first-order valence-corrected chi connectivity index (χ1v) is 10.7. The summed E-state index contributed by atoms with van der Waals surface area (Å²) in [6.07, 6.45) is 0. The van der Waals surface area contributed by atoms with E-state index in [1.165, 1.54) is 0 Å². The van der Waals surface area contributed by atoms with Gasteiger partial charge in [0.15, 0.2) is 0 Å². The number of rotatable bonds is 5. The summed E-state index contributed by atoms with van der Waals surface area (Å²) in [5.41, 5.74) is 12.1. The first-order chi connectivity index (χ1) is 15.7. The van der Waals surface area contributed by atoms with Crippen molar-refractivity contribution in [1.82, 2.24) is 29.3 Å². The summed E-state index contributed by atoms with van der Waals surface area (Å²) in [6.45, 7) is 1.60. The lowest BCUT2D eigenvalue weighted by Gasteiger charge is -2.02. The van der Waals surface area contributed by atoms with Gasteiger partial charge in [-0.1, -0.05) is 54.6 Å². The van der Waals surface area contributed by atoms with Crippen LogP contribution in [0, 0.1) is 0 Å². The van der Waals surface area contributed by atoms with Gasteiger partial charge < -0.3 is 5.73 Å². The van der Waals surface area contributed by atoms with Crippen LogP contribution in [0.2, 0.25) is 0 Å². The molecule has 0 fully saturated rings. The fourth-order valence-electron chi connectivity index (χ4n) is 4.59. The maximum absolute atomic E-state index is 5.95. The standard InChI is InChI=1S/C25H23N7/c1-30-23-11-5-2-9-18(23)21(27-30)15-32-25-13-7-4-10-19(25)22(29-32)16-31-24-12-6-3-8-17(24)20(14-26)28-31/h2-13H,14-16,26H2,1H3. The van der Waals surface area contributed by atoms with Crippen LogP contribution in [0.4, 0.5) is 0 Å². The van der Waals surface area contributed by atoms with Crippen LogP contribution in [0.3, 0.4) is 0 Å². The Labute approximate surface area is 184 Å². The van der Waals surface area contributed by atoms with Crippen molar-refractivity contribution in [3.05, 3.63) is 89.9 Å². The molecule has 7 heteroatoms. The van der Waals surface area contributed by atoms with E-state index in [2.05, 4.69) is 59.3 Å². The Balaban J connectivity index is 1.45. The third-order valence-electron chi connectivity index (χ3n) is 6.10. The summed E-state index contributed by atoms with van der Waals surface area (Å²) in [4.78, 5) is 0. The number of aryl methyl sites for hydroxylation is 1. The average Bonchev–Trinajstić information content (AvgIpc) is 3.47. The second-order valence-electron chi connectivity index (χ2n) is 8.03. The first kappa shape index (κ1) is 18.8. The lowest BCUT2D eigenvalue weighted by Crippen LogP contribution is -2.07. The number of hydrogen-bond acceptors (Lipinski definition) is 4. The van der Waals surface area contributed by atoms with Crippen LogP contribution in [0.15, 0.2) is 72.8 Å². The van der Waals surface area contributed by atoms with Crippen LogP contribution in [-0.4, -0.2) is 29.3 Å². The molecule has 32 heavy (non-hydrogen) atoms. The number of para-hydroxylation sites is 3. The molecule has 0 bridgehead atoms. The molecule has 3 aromatic carbocycles. The SMILES string of the molecule is Cn1nc(Cn2nc(Cn3nc(CN)c4ccccc43)c3ccccc32)c2ccccc21. The summed E-state index contributed by atoms with van der Waals surface area (Å²) in [7, 11) is 1.98. The molecule has 158 valence electrons. The Hall–Kier alpha value is -3.97. The van der Waals surface area contributed by atoms with Crippen molar-refractivity contribution in [2.45, 2.75) is 19.6 Å². The molecule has 3 aromatic heterocycles. The third kappa shape index (κ3) is 2.90. The Kier molecular flexibility index (Phi) is 4.29. The highest BCUT2D eigenvalue weighted by molar-refractivity contribution is 5.85. The number of nitrogens with zero attached hydrogens (tertiary/aromatic N) is 6. The van der Waals surface area contributed by atoms with E-state index in [9.17, 15) is 0 Å². The zero-order chi connectivity index (χ0) is 21.7. The van der Waals surface area contributed by atoms with Gasteiger partial charge >= 0.3 is 0 Å². The number of benzene rings is 3. The van der Waals surface area contributed by atoms with Crippen molar-refractivity contribution in [2.75, 3.05) is 0 Å². The topological polar surface area (TPSA) is 79.5 Å². The second kappa shape index (κ2) is 7.32. The predicted octanol–water partition coefficient (Wildman–Crippen LogP) is 3.83. The highest BCUT2D eigenvalue weighted by Gasteiger charge is 2.16. The van der Waals surface area contributed by atoms with Gasteiger partial charge in [0.1, 0.15) is 0 Å². The lowest BCUT2D eigenvalue weighted by atomic mass is 10.2. The molecule has 0 unspecified atom stereocenters. The maximum atomic E-state index is 5.95. The minimum absolute atomic E-state index is 0.412. The third-order valence-corrected chi connectivity index (χ3v) is 6.10. The lowest BCUT2D eigenvalue weighted by molar-refractivity contribution is 0.632. The maximum Gasteiger partial charge on any atom is 0.0918 e. The monoisotopic (exact) mass is 421 g/mol. The molecule has 0 aliphatic heterocycles. The molecule has 0 spiro atoms. The van der Waals surface area contributed by atoms with Gasteiger partial charge in [-0.2, -0.15) is 15.3 Å². The molecule has 0 atom stereocenters. The van der Waals surface area contributed by atoms with E-state index in [0.29, 0.717) is 19.6 Å². The van der Waals surface area contributed by atoms with E-state index in [0.717, 1.165) is 49.8 Å². The highest BCUT2D eigenvalue weighted by Crippen LogP contribution is 2.25. The van der Waals surface area contributed by atoms with E-state index in [1.54, 1.807) is 0 Å². The fourth-order valence-corrected chi connectivity index (χ4v) is 4.59. The van der Waals surface area contributed by atoms with Crippen LogP contribution in [-0.2, 0) is 26.7 Å².